The molecule has 0 bridgehead atoms. The first-order chi connectivity index (χ1) is 4.54. The molecule has 11 heavy (non-hydrogen) atoms. The van der Waals surface area contributed by atoms with Crippen molar-refractivity contribution in [3.63, 3.8) is 0 Å². The maximum absolute atomic E-state index is 9.48. The van der Waals surface area contributed by atoms with Crippen LogP contribution in [0.5, 0.6) is 0 Å². The van der Waals surface area contributed by atoms with Crippen molar-refractivity contribution < 1.29 is 42.2 Å². The molecule has 63 valence electrons. The normalized spacial score (nSPS) is 6.09. The van der Waals surface area contributed by atoms with Crippen LogP contribution in [0, 0.1) is 13.8 Å². The third-order valence-electron chi connectivity index (χ3n) is 0.636. The summed E-state index contributed by atoms with van der Waals surface area (Å²) in [7, 11) is 1.29. The molecule has 0 atom stereocenters. The molecule has 0 unspecified atom stereocenters. The summed E-state index contributed by atoms with van der Waals surface area (Å²) in [5, 5.41) is 0. The molecule has 0 fully saturated rings. The van der Waals surface area contributed by atoms with Crippen LogP contribution in [0.1, 0.15) is 13.8 Å². The SMILES string of the molecule is [CH2-]C(=O)OC.[CH2-]C=C(C)C.[Y]. The summed E-state index contributed by atoms with van der Waals surface area (Å²) >= 11 is 0. The maximum Gasteiger partial charge on any atom is 0.164 e. The summed E-state index contributed by atoms with van der Waals surface area (Å²) in [6.45, 7) is 10.5. The van der Waals surface area contributed by atoms with E-state index in [2.05, 4.69) is 18.6 Å². The molecule has 3 heteroatoms. The van der Waals surface area contributed by atoms with E-state index in [1.54, 1.807) is 0 Å². The van der Waals surface area contributed by atoms with Gasteiger partial charge in [-0.1, -0.05) is 0 Å². The molecular weight excluding hydrogens is 217 g/mol. The summed E-state index contributed by atoms with van der Waals surface area (Å²) in [4.78, 5) is 9.48. The van der Waals surface area contributed by atoms with E-state index in [1.807, 2.05) is 19.9 Å². The van der Waals surface area contributed by atoms with Crippen molar-refractivity contribution in [3.05, 3.63) is 25.5 Å². The molecule has 0 heterocycles. The first kappa shape index (κ1) is 17.2. The zero-order chi connectivity index (χ0) is 8.57. The van der Waals surface area contributed by atoms with Crippen LogP contribution < -0.4 is 0 Å². The summed E-state index contributed by atoms with van der Waals surface area (Å²) < 4.78 is 4.00. The number of allylic oxidation sites excluding steroid dienone is 2. The van der Waals surface area contributed by atoms with Gasteiger partial charge in [0.2, 0.25) is 0 Å². The first-order valence-corrected chi connectivity index (χ1v) is 2.87. The Morgan fingerprint density at radius 2 is 1.64 bits per heavy atom. The smallest absolute Gasteiger partial charge is 0.164 e. The molecule has 2 nitrogen and oxygen atoms in total. The first-order valence-electron chi connectivity index (χ1n) is 2.87. The van der Waals surface area contributed by atoms with Gasteiger partial charge in [0.05, 0.1) is 7.11 Å². The van der Waals surface area contributed by atoms with Crippen LogP contribution in [0.25, 0.3) is 0 Å². The van der Waals surface area contributed by atoms with Gasteiger partial charge < -0.3 is 4.74 Å². The molecule has 0 aromatic heterocycles. The zero-order valence-electron chi connectivity index (χ0n) is 7.39. The second-order valence-electron chi connectivity index (χ2n) is 1.86. The average molecular weight is 231 g/mol. The van der Waals surface area contributed by atoms with E-state index in [-0.39, 0.29) is 32.7 Å². The van der Waals surface area contributed by atoms with Crippen LogP contribution in [0.3, 0.4) is 0 Å². The Morgan fingerprint density at radius 1 is 1.45 bits per heavy atom. The van der Waals surface area contributed by atoms with E-state index in [1.165, 1.54) is 12.7 Å². The van der Waals surface area contributed by atoms with Gasteiger partial charge in [0, 0.05) is 32.7 Å². The van der Waals surface area contributed by atoms with Crippen molar-refractivity contribution in [3.8, 4) is 0 Å². The van der Waals surface area contributed by atoms with Crippen molar-refractivity contribution in [2.75, 3.05) is 7.11 Å². The second kappa shape index (κ2) is 12.7. The van der Waals surface area contributed by atoms with E-state index in [4.69, 9.17) is 0 Å². The van der Waals surface area contributed by atoms with Gasteiger partial charge in [-0.3, -0.25) is 11.7 Å². The fourth-order valence-corrected chi connectivity index (χ4v) is 0. The summed E-state index contributed by atoms with van der Waals surface area (Å²) in [5.41, 5.74) is 1.27. The molecule has 0 saturated heterocycles. The minimum Gasteiger partial charge on any atom is -0.492 e. The third kappa shape index (κ3) is 39.7. The van der Waals surface area contributed by atoms with Gasteiger partial charge >= 0.3 is 0 Å². The molecule has 0 N–H and O–H groups in total. The van der Waals surface area contributed by atoms with Crippen LogP contribution in [-0.4, -0.2) is 13.1 Å². The molecule has 0 aliphatic carbocycles. The van der Waals surface area contributed by atoms with Crippen molar-refractivity contribution in [1.82, 2.24) is 0 Å². The Morgan fingerprint density at radius 3 is 1.64 bits per heavy atom. The predicted molar refractivity (Wildman–Crippen MR) is 42.2 cm³/mol. The van der Waals surface area contributed by atoms with E-state index in [0.717, 1.165) is 0 Å². The molecule has 0 aliphatic rings. The Hall–Kier alpha value is 0.0539. The number of hydrogen-bond acceptors (Lipinski definition) is 2. The van der Waals surface area contributed by atoms with Gasteiger partial charge in [0.25, 0.3) is 0 Å². The van der Waals surface area contributed by atoms with Gasteiger partial charge in [0.1, 0.15) is 0 Å². The van der Waals surface area contributed by atoms with E-state index >= 15 is 0 Å². The largest absolute Gasteiger partial charge is 0.492 e. The van der Waals surface area contributed by atoms with Crippen molar-refractivity contribution in [1.29, 1.82) is 0 Å². The van der Waals surface area contributed by atoms with Crippen LogP contribution >= 0.6 is 0 Å². The zero-order valence-corrected chi connectivity index (χ0v) is 10.2. The van der Waals surface area contributed by atoms with Gasteiger partial charge in [-0.25, -0.2) is 18.6 Å². The number of hydrogen-bond donors (Lipinski definition) is 0. The number of rotatable bonds is 0. The van der Waals surface area contributed by atoms with Crippen LogP contribution in [-0.2, 0) is 42.2 Å². The molecule has 0 aliphatic heterocycles. The van der Waals surface area contributed by atoms with Crippen LogP contribution in [0.4, 0.5) is 0 Å². The molecule has 0 aromatic carbocycles. The Kier molecular flexibility index (Phi) is 19.9. The number of carbonyl (C=O) groups is 1. The van der Waals surface area contributed by atoms with Crippen LogP contribution in [0.15, 0.2) is 11.6 Å². The van der Waals surface area contributed by atoms with Crippen molar-refractivity contribution in [2.24, 2.45) is 0 Å². The topological polar surface area (TPSA) is 26.3 Å². The Balaban J connectivity index is -0.000000107. The molecule has 0 amide bonds. The Labute approximate surface area is 94.3 Å². The third-order valence-corrected chi connectivity index (χ3v) is 0.636. The van der Waals surface area contributed by atoms with E-state index in [0.29, 0.717) is 0 Å². The van der Waals surface area contributed by atoms with E-state index in [9.17, 15) is 4.79 Å². The summed E-state index contributed by atoms with van der Waals surface area (Å²) in [6.07, 6.45) is 1.83. The average Bonchev–Trinajstić information content (AvgIpc) is 1.89. The quantitative estimate of drug-likeness (QED) is 0.469. The molecule has 1 radical (unpaired) electrons. The molecule has 0 spiro atoms. The standard InChI is InChI=1S/C5H9.C3H5O2.Y/c1-4-5(2)3;1-3(4)5-2;/h4H,1H2,2-3H3;1H2,2H3;/q2*-1;. The van der Waals surface area contributed by atoms with Gasteiger partial charge in [-0.05, 0) is 0 Å². The Bertz CT molecular complexity index is 115. The predicted octanol–water partition coefficient (Wildman–Crippen LogP) is 1.78. The summed E-state index contributed by atoms with van der Waals surface area (Å²) in [5.74, 6) is -0.495. The fourth-order valence-electron chi connectivity index (χ4n) is 0. The maximum atomic E-state index is 9.48. The number of carbonyl (C=O) groups excluding carboxylic acids is 1. The minimum absolute atomic E-state index is 0. The van der Waals surface area contributed by atoms with Gasteiger partial charge in [0.15, 0.2) is 5.97 Å². The molecule has 0 saturated carbocycles. The minimum atomic E-state index is -0.495. The second-order valence-corrected chi connectivity index (χ2v) is 1.86. The number of ether oxygens (including phenoxy) is 1. The number of esters is 1. The number of methoxy groups -OCH3 is 1. The van der Waals surface area contributed by atoms with Crippen LogP contribution in [0.2, 0.25) is 0 Å². The monoisotopic (exact) mass is 231 g/mol. The van der Waals surface area contributed by atoms with Crippen molar-refractivity contribution >= 4 is 5.97 Å². The van der Waals surface area contributed by atoms with E-state index < -0.39 is 5.97 Å². The summed E-state index contributed by atoms with van der Waals surface area (Å²) in [6, 6.07) is 0. The molecular formula is C8H14O2Y-2. The van der Waals surface area contributed by atoms with Crippen molar-refractivity contribution in [2.45, 2.75) is 13.8 Å². The fraction of sp³-hybridized carbons (Fsp3) is 0.375. The van der Waals surface area contributed by atoms with Gasteiger partial charge in [-0.15, -0.1) is 13.8 Å². The van der Waals surface area contributed by atoms with Gasteiger partial charge in [-0.2, -0.15) is 0 Å². The molecule has 0 rings (SSSR count). The molecule has 0 aromatic rings.